The maximum Gasteiger partial charge on any atom is 0.416 e. The first-order valence-corrected chi connectivity index (χ1v) is 15.6. The van der Waals surface area contributed by atoms with Crippen LogP contribution in [0.2, 0.25) is 0 Å². The summed E-state index contributed by atoms with van der Waals surface area (Å²) >= 11 is 0. The van der Waals surface area contributed by atoms with E-state index in [9.17, 15) is 9.59 Å². The number of aromatic nitrogens is 1. The van der Waals surface area contributed by atoms with Crippen LogP contribution < -0.4 is 0 Å². The number of unbranched alkanes of at least 4 members (excludes halogenated alkanes) is 13. The standard InChI is InChI=1S/C32H54N2O5/c1-3-4-5-6-7-8-9-10-11-12-13-14-15-18-23-37-25-29-24-31(38-26-29)27-39-32(36)34(28(2)35)22-20-30-19-16-17-21-33-30/h16-17,19,21,29,31H,3-15,18,20,22-27H2,1-2H3/t29-,31-/m0/s1. The zero-order valence-electron chi connectivity index (χ0n) is 24.7. The molecule has 0 unspecified atom stereocenters. The summed E-state index contributed by atoms with van der Waals surface area (Å²) in [5, 5.41) is 0. The second kappa shape index (κ2) is 21.8. The summed E-state index contributed by atoms with van der Waals surface area (Å²) in [5.74, 6) is -0.00791. The van der Waals surface area contributed by atoms with Gasteiger partial charge in [0, 0.05) is 44.3 Å². The van der Waals surface area contributed by atoms with Crippen molar-refractivity contribution in [2.45, 2.75) is 123 Å². The number of ether oxygens (including phenoxy) is 3. The van der Waals surface area contributed by atoms with E-state index < -0.39 is 6.09 Å². The molecule has 2 rings (SSSR count). The normalized spacial score (nSPS) is 16.9. The van der Waals surface area contributed by atoms with E-state index in [2.05, 4.69) is 11.9 Å². The van der Waals surface area contributed by atoms with Gasteiger partial charge in [-0.25, -0.2) is 9.69 Å². The van der Waals surface area contributed by atoms with Crippen LogP contribution in [0, 0.1) is 5.92 Å². The highest BCUT2D eigenvalue weighted by Crippen LogP contribution is 2.21. The summed E-state index contributed by atoms with van der Waals surface area (Å²) in [4.78, 5) is 29.8. The van der Waals surface area contributed by atoms with Crippen molar-refractivity contribution in [2.24, 2.45) is 5.92 Å². The van der Waals surface area contributed by atoms with Crippen molar-refractivity contribution in [2.75, 3.05) is 33.0 Å². The van der Waals surface area contributed by atoms with Crippen molar-refractivity contribution in [1.82, 2.24) is 9.88 Å². The van der Waals surface area contributed by atoms with Crippen molar-refractivity contribution in [3.05, 3.63) is 30.1 Å². The molecular weight excluding hydrogens is 492 g/mol. The zero-order valence-corrected chi connectivity index (χ0v) is 24.7. The van der Waals surface area contributed by atoms with Gasteiger partial charge in [0.05, 0.1) is 19.3 Å². The number of carbonyl (C=O) groups is 2. The molecule has 1 aliphatic rings. The van der Waals surface area contributed by atoms with Crippen molar-refractivity contribution in [3.63, 3.8) is 0 Å². The Morgan fingerprint density at radius 2 is 1.56 bits per heavy atom. The summed E-state index contributed by atoms with van der Waals surface area (Å²) < 4.78 is 17.1. The predicted octanol–water partition coefficient (Wildman–Crippen LogP) is 7.51. The van der Waals surface area contributed by atoms with Crippen LogP contribution in [0.4, 0.5) is 4.79 Å². The SMILES string of the molecule is CCCCCCCCCCCCCCCCOC[C@H]1CO[C@H](COC(=O)N(CCc2ccccn2)C(C)=O)C1. The van der Waals surface area contributed by atoms with Crippen LogP contribution in [-0.4, -0.2) is 61.0 Å². The molecule has 1 fully saturated rings. The fraction of sp³-hybridized carbons (Fsp3) is 0.781. The van der Waals surface area contributed by atoms with Gasteiger partial charge in [-0.1, -0.05) is 96.5 Å². The van der Waals surface area contributed by atoms with Crippen LogP contribution >= 0.6 is 0 Å². The topological polar surface area (TPSA) is 78.0 Å². The molecule has 222 valence electrons. The second-order valence-electron chi connectivity index (χ2n) is 11.0. The second-order valence-corrected chi connectivity index (χ2v) is 11.0. The first-order chi connectivity index (χ1) is 19.1. The van der Waals surface area contributed by atoms with Crippen LogP contribution in [0.15, 0.2) is 24.4 Å². The van der Waals surface area contributed by atoms with Gasteiger partial charge in [-0.2, -0.15) is 0 Å². The minimum absolute atomic E-state index is 0.145. The number of hydrogen-bond donors (Lipinski definition) is 0. The Labute approximate surface area is 237 Å². The Kier molecular flexibility index (Phi) is 18.6. The Morgan fingerprint density at radius 1 is 0.923 bits per heavy atom. The summed E-state index contributed by atoms with van der Waals surface area (Å²) in [6.45, 7) is 6.16. The van der Waals surface area contributed by atoms with Gasteiger partial charge >= 0.3 is 6.09 Å². The molecule has 0 aliphatic carbocycles. The van der Waals surface area contributed by atoms with Crippen LogP contribution in [0.25, 0.3) is 0 Å². The van der Waals surface area contributed by atoms with E-state index in [0.717, 1.165) is 30.0 Å². The maximum absolute atomic E-state index is 12.5. The zero-order chi connectivity index (χ0) is 28.0. The van der Waals surface area contributed by atoms with Crippen molar-refractivity contribution in [1.29, 1.82) is 0 Å². The summed E-state index contributed by atoms with van der Waals surface area (Å²) in [6.07, 6.45) is 21.2. The number of rotatable bonds is 22. The van der Waals surface area contributed by atoms with E-state index in [-0.39, 0.29) is 25.2 Å². The molecule has 0 aromatic carbocycles. The van der Waals surface area contributed by atoms with Gasteiger partial charge in [0.25, 0.3) is 0 Å². The van der Waals surface area contributed by atoms with E-state index in [1.54, 1.807) is 6.20 Å². The fourth-order valence-corrected chi connectivity index (χ4v) is 5.05. The highest BCUT2D eigenvalue weighted by atomic mass is 16.6. The quantitative estimate of drug-likeness (QED) is 0.140. The van der Waals surface area contributed by atoms with Crippen molar-refractivity contribution in [3.8, 4) is 0 Å². The number of nitrogens with zero attached hydrogens (tertiary/aromatic N) is 2. The number of imide groups is 1. The van der Waals surface area contributed by atoms with Gasteiger partial charge in [0.15, 0.2) is 0 Å². The molecule has 1 aromatic rings. The molecule has 1 saturated heterocycles. The molecule has 1 aromatic heterocycles. The molecule has 2 amide bonds. The average Bonchev–Trinajstić information content (AvgIpc) is 3.40. The van der Waals surface area contributed by atoms with E-state index in [1.165, 1.54) is 90.4 Å². The van der Waals surface area contributed by atoms with Crippen molar-refractivity contribution < 1.29 is 23.8 Å². The third-order valence-electron chi connectivity index (χ3n) is 7.47. The first kappa shape index (κ1) is 33.2. The highest BCUT2D eigenvalue weighted by Gasteiger charge is 2.28. The predicted molar refractivity (Wildman–Crippen MR) is 156 cm³/mol. The van der Waals surface area contributed by atoms with E-state index >= 15 is 0 Å². The lowest BCUT2D eigenvalue weighted by Gasteiger charge is -2.19. The number of pyridine rings is 1. The Balaban J connectivity index is 1.41. The third-order valence-corrected chi connectivity index (χ3v) is 7.47. The fourth-order valence-electron chi connectivity index (χ4n) is 5.05. The minimum Gasteiger partial charge on any atom is -0.446 e. The number of hydrogen-bond acceptors (Lipinski definition) is 6. The molecule has 0 N–H and O–H groups in total. The Hall–Kier alpha value is -1.99. The van der Waals surface area contributed by atoms with Gasteiger partial charge in [-0.05, 0) is 25.0 Å². The van der Waals surface area contributed by atoms with Gasteiger partial charge < -0.3 is 14.2 Å². The molecule has 1 aliphatic heterocycles. The van der Waals surface area contributed by atoms with E-state index in [4.69, 9.17) is 14.2 Å². The number of amides is 2. The summed E-state index contributed by atoms with van der Waals surface area (Å²) in [5.41, 5.74) is 0.826. The molecule has 0 radical (unpaired) electrons. The van der Waals surface area contributed by atoms with Gasteiger partial charge in [0.2, 0.25) is 5.91 Å². The molecular formula is C32H54N2O5. The smallest absolute Gasteiger partial charge is 0.416 e. The molecule has 39 heavy (non-hydrogen) atoms. The third kappa shape index (κ3) is 16.0. The number of carbonyl (C=O) groups excluding carboxylic acids is 2. The van der Waals surface area contributed by atoms with Crippen LogP contribution in [0.3, 0.4) is 0 Å². The largest absolute Gasteiger partial charge is 0.446 e. The summed E-state index contributed by atoms with van der Waals surface area (Å²) in [7, 11) is 0. The molecule has 0 bridgehead atoms. The first-order valence-electron chi connectivity index (χ1n) is 15.6. The molecule has 7 heteroatoms. The molecule has 0 saturated carbocycles. The van der Waals surface area contributed by atoms with E-state index in [0.29, 0.717) is 25.6 Å². The van der Waals surface area contributed by atoms with Crippen molar-refractivity contribution >= 4 is 12.0 Å². The lowest BCUT2D eigenvalue weighted by atomic mass is 10.0. The molecule has 0 spiro atoms. The van der Waals surface area contributed by atoms with Crippen LogP contribution in [-0.2, 0) is 25.4 Å². The summed E-state index contributed by atoms with van der Waals surface area (Å²) in [6, 6.07) is 5.59. The minimum atomic E-state index is -0.625. The van der Waals surface area contributed by atoms with Crippen LogP contribution in [0.5, 0.6) is 0 Å². The lowest BCUT2D eigenvalue weighted by Crippen LogP contribution is -2.38. The highest BCUT2D eigenvalue weighted by molar-refractivity contribution is 5.90. The van der Waals surface area contributed by atoms with Gasteiger partial charge in [0.1, 0.15) is 6.61 Å². The van der Waals surface area contributed by atoms with Gasteiger partial charge in [-0.3, -0.25) is 9.78 Å². The van der Waals surface area contributed by atoms with Crippen LogP contribution in [0.1, 0.15) is 116 Å². The monoisotopic (exact) mass is 546 g/mol. The molecule has 2 heterocycles. The van der Waals surface area contributed by atoms with Gasteiger partial charge in [-0.15, -0.1) is 0 Å². The Morgan fingerprint density at radius 3 is 2.15 bits per heavy atom. The Bertz CT molecular complexity index is 760. The average molecular weight is 547 g/mol. The maximum atomic E-state index is 12.5. The van der Waals surface area contributed by atoms with E-state index in [1.807, 2.05) is 18.2 Å². The molecule has 2 atom stereocenters. The molecule has 7 nitrogen and oxygen atoms in total. The lowest BCUT2D eigenvalue weighted by molar-refractivity contribution is -0.127.